The Balaban J connectivity index is 1.88. The molecule has 4 nitrogen and oxygen atoms in total. The van der Waals surface area contributed by atoms with Crippen molar-refractivity contribution in [1.82, 2.24) is 10.1 Å². The van der Waals surface area contributed by atoms with E-state index in [0.717, 1.165) is 43.9 Å². The van der Waals surface area contributed by atoms with Crippen molar-refractivity contribution in [1.29, 1.82) is 0 Å². The van der Waals surface area contributed by atoms with Gasteiger partial charge in [0, 0.05) is 24.7 Å². The van der Waals surface area contributed by atoms with Gasteiger partial charge < -0.3 is 15.2 Å². The van der Waals surface area contributed by atoms with Gasteiger partial charge in [0.1, 0.15) is 5.76 Å². The Bertz CT molecular complexity index is 315. The second-order valence-corrected chi connectivity index (χ2v) is 4.40. The van der Waals surface area contributed by atoms with Crippen molar-refractivity contribution in [3.05, 3.63) is 17.0 Å². The summed E-state index contributed by atoms with van der Waals surface area (Å²) in [6, 6.07) is 0.370. The van der Waals surface area contributed by atoms with Gasteiger partial charge in [-0.3, -0.25) is 0 Å². The molecular weight excluding hydrogens is 190 g/mol. The van der Waals surface area contributed by atoms with E-state index in [-0.39, 0.29) is 0 Å². The van der Waals surface area contributed by atoms with E-state index in [1.807, 2.05) is 13.8 Å². The maximum absolute atomic E-state index is 5.86. The standard InChI is InChI=1S/C11H19N3O/c1-8-11(9(2)15-13-8)4-6-14-5-3-10(12)7-14/h10H,3-7,12H2,1-2H3. The molecule has 0 aromatic carbocycles. The monoisotopic (exact) mass is 209 g/mol. The highest BCUT2D eigenvalue weighted by atomic mass is 16.5. The van der Waals surface area contributed by atoms with Crippen LogP contribution < -0.4 is 5.73 Å². The van der Waals surface area contributed by atoms with E-state index < -0.39 is 0 Å². The van der Waals surface area contributed by atoms with E-state index in [9.17, 15) is 0 Å². The van der Waals surface area contributed by atoms with Crippen molar-refractivity contribution >= 4 is 0 Å². The summed E-state index contributed by atoms with van der Waals surface area (Å²) in [6.07, 6.45) is 2.15. The summed E-state index contributed by atoms with van der Waals surface area (Å²) in [7, 11) is 0. The van der Waals surface area contributed by atoms with E-state index >= 15 is 0 Å². The van der Waals surface area contributed by atoms with E-state index in [1.165, 1.54) is 5.56 Å². The highest BCUT2D eigenvalue weighted by Crippen LogP contribution is 2.15. The third kappa shape index (κ3) is 2.38. The van der Waals surface area contributed by atoms with Crippen LogP contribution in [0.1, 0.15) is 23.4 Å². The van der Waals surface area contributed by atoms with E-state index in [1.54, 1.807) is 0 Å². The molecule has 0 radical (unpaired) electrons. The van der Waals surface area contributed by atoms with Gasteiger partial charge in [-0.1, -0.05) is 5.16 Å². The van der Waals surface area contributed by atoms with Crippen LogP contribution in [0, 0.1) is 13.8 Å². The fraction of sp³-hybridized carbons (Fsp3) is 0.727. The van der Waals surface area contributed by atoms with Crippen LogP contribution in [0.25, 0.3) is 0 Å². The first-order valence-corrected chi connectivity index (χ1v) is 5.56. The Morgan fingerprint density at radius 2 is 2.33 bits per heavy atom. The Labute approximate surface area is 90.4 Å². The van der Waals surface area contributed by atoms with Crippen LogP contribution in [0.3, 0.4) is 0 Å². The first-order chi connectivity index (χ1) is 7.16. The van der Waals surface area contributed by atoms with Crippen molar-refractivity contribution in [3.8, 4) is 0 Å². The quantitative estimate of drug-likeness (QED) is 0.802. The molecule has 84 valence electrons. The summed E-state index contributed by atoms with van der Waals surface area (Å²) in [5.41, 5.74) is 8.15. The zero-order chi connectivity index (χ0) is 10.8. The lowest BCUT2D eigenvalue weighted by molar-refractivity contribution is 0.337. The topological polar surface area (TPSA) is 55.3 Å². The Hall–Kier alpha value is -0.870. The Morgan fingerprint density at radius 3 is 2.87 bits per heavy atom. The third-order valence-electron chi connectivity index (χ3n) is 3.17. The lowest BCUT2D eigenvalue weighted by atomic mass is 10.1. The predicted octanol–water partition coefficient (Wildman–Crippen LogP) is 0.867. The van der Waals surface area contributed by atoms with Crippen LogP contribution in [0.5, 0.6) is 0 Å². The van der Waals surface area contributed by atoms with Gasteiger partial charge in [0.25, 0.3) is 0 Å². The van der Waals surface area contributed by atoms with Gasteiger partial charge in [-0.15, -0.1) is 0 Å². The van der Waals surface area contributed by atoms with Gasteiger partial charge in [0.15, 0.2) is 0 Å². The van der Waals surface area contributed by atoms with Gasteiger partial charge in [-0.25, -0.2) is 0 Å². The molecule has 0 bridgehead atoms. The van der Waals surface area contributed by atoms with Gasteiger partial charge in [0.2, 0.25) is 0 Å². The molecule has 1 atom stereocenters. The first kappa shape index (κ1) is 10.6. The SMILES string of the molecule is Cc1noc(C)c1CCN1CCC(N)C1. The summed E-state index contributed by atoms with van der Waals surface area (Å²) in [4.78, 5) is 2.41. The van der Waals surface area contributed by atoms with E-state index in [4.69, 9.17) is 10.3 Å². The lowest BCUT2D eigenvalue weighted by Gasteiger charge is -2.14. The fourth-order valence-corrected chi connectivity index (χ4v) is 2.19. The normalized spacial score (nSPS) is 22.5. The van der Waals surface area contributed by atoms with Crippen LogP contribution in [-0.2, 0) is 6.42 Å². The zero-order valence-corrected chi connectivity index (χ0v) is 9.49. The number of hydrogen-bond donors (Lipinski definition) is 1. The summed E-state index contributed by atoms with van der Waals surface area (Å²) >= 11 is 0. The second kappa shape index (κ2) is 4.33. The smallest absolute Gasteiger partial charge is 0.137 e. The van der Waals surface area contributed by atoms with Crippen LogP contribution in [0.4, 0.5) is 0 Å². The molecule has 0 spiro atoms. The van der Waals surface area contributed by atoms with Crippen molar-refractivity contribution in [2.75, 3.05) is 19.6 Å². The molecule has 15 heavy (non-hydrogen) atoms. The zero-order valence-electron chi connectivity index (χ0n) is 9.49. The minimum absolute atomic E-state index is 0.370. The summed E-state index contributed by atoms with van der Waals surface area (Å²) < 4.78 is 5.14. The molecule has 1 aromatic rings. The molecule has 0 aliphatic carbocycles. The number of rotatable bonds is 3. The van der Waals surface area contributed by atoms with Gasteiger partial charge in [0.05, 0.1) is 5.69 Å². The van der Waals surface area contributed by atoms with E-state index in [0.29, 0.717) is 6.04 Å². The van der Waals surface area contributed by atoms with Crippen LogP contribution >= 0.6 is 0 Å². The van der Waals surface area contributed by atoms with Crippen LogP contribution in [0.15, 0.2) is 4.52 Å². The predicted molar refractivity (Wildman–Crippen MR) is 58.7 cm³/mol. The molecule has 1 aromatic heterocycles. The van der Waals surface area contributed by atoms with Crippen molar-refractivity contribution in [3.63, 3.8) is 0 Å². The van der Waals surface area contributed by atoms with Crippen LogP contribution in [0.2, 0.25) is 0 Å². The van der Waals surface area contributed by atoms with Crippen molar-refractivity contribution < 1.29 is 4.52 Å². The molecule has 2 rings (SSSR count). The first-order valence-electron chi connectivity index (χ1n) is 5.56. The number of aryl methyl sites for hydroxylation is 2. The number of nitrogens with two attached hydrogens (primary N) is 1. The number of nitrogens with zero attached hydrogens (tertiary/aromatic N) is 2. The highest BCUT2D eigenvalue weighted by molar-refractivity contribution is 5.21. The average Bonchev–Trinajstić information content (AvgIpc) is 2.73. The van der Waals surface area contributed by atoms with Crippen LogP contribution in [-0.4, -0.2) is 35.7 Å². The van der Waals surface area contributed by atoms with E-state index in [2.05, 4.69) is 10.1 Å². The number of hydrogen-bond acceptors (Lipinski definition) is 4. The summed E-state index contributed by atoms with van der Waals surface area (Å²) in [5.74, 6) is 0.955. The molecule has 2 N–H and O–H groups in total. The fourth-order valence-electron chi connectivity index (χ4n) is 2.19. The molecule has 1 aliphatic heterocycles. The Morgan fingerprint density at radius 1 is 1.53 bits per heavy atom. The average molecular weight is 209 g/mol. The number of aromatic nitrogens is 1. The second-order valence-electron chi connectivity index (χ2n) is 4.40. The minimum atomic E-state index is 0.370. The molecule has 1 saturated heterocycles. The maximum atomic E-state index is 5.86. The third-order valence-corrected chi connectivity index (χ3v) is 3.17. The molecule has 1 aliphatic rings. The largest absolute Gasteiger partial charge is 0.361 e. The number of likely N-dealkylation sites (tertiary alicyclic amines) is 1. The minimum Gasteiger partial charge on any atom is -0.361 e. The highest BCUT2D eigenvalue weighted by Gasteiger charge is 2.19. The van der Waals surface area contributed by atoms with Gasteiger partial charge in [-0.2, -0.15) is 0 Å². The summed E-state index contributed by atoms with van der Waals surface area (Å²) in [5, 5.41) is 3.96. The molecule has 0 saturated carbocycles. The molecule has 2 heterocycles. The van der Waals surface area contributed by atoms with Gasteiger partial charge in [-0.05, 0) is 33.2 Å². The molecule has 1 unspecified atom stereocenters. The Kier molecular flexibility index (Phi) is 3.07. The maximum Gasteiger partial charge on any atom is 0.137 e. The summed E-state index contributed by atoms with van der Waals surface area (Å²) in [6.45, 7) is 7.21. The molecule has 0 amide bonds. The molecule has 4 heteroatoms. The van der Waals surface area contributed by atoms with Gasteiger partial charge >= 0.3 is 0 Å². The molecule has 1 fully saturated rings. The van der Waals surface area contributed by atoms with Crippen molar-refractivity contribution in [2.24, 2.45) is 5.73 Å². The molecular formula is C11H19N3O. The van der Waals surface area contributed by atoms with Crippen molar-refractivity contribution in [2.45, 2.75) is 32.7 Å². The lowest BCUT2D eigenvalue weighted by Crippen LogP contribution is -2.28.